The Bertz CT molecular complexity index is 1580. The highest BCUT2D eigenvalue weighted by Crippen LogP contribution is 2.39. The van der Waals surface area contributed by atoms with Crippen LogP contribution in [0.15, 0.2) is 46.6 Å². The van der Waals surface area contributed by atoms with E-state index in [2.05, 4.69) is 15.2 Å². The summed E-state index contributed by atoms with van der Waals surface area (Å²) in [6.45, 7) is 4.60. The molecule has 0 bridgehead atoms. The Hall–Kier alpha value is -3.48. The summed E-state index contributed by atoms with van der Waals surface area (Å²) in [6, 6.07) is 8.98. The lowest BCUT2D eigenvalue weighted by Gasteiger charge is -2.33. The molecule has 2 aliphatic rings. The molecular formula is C27H25ClF3N5O3S. The first kappa shape index (κ1) is 28.1. The maximum Gasteiger partial charge on any atom is 0.416 e. The van der Waals surface area contributed by atoms with Gasteiger partial charge in [-0.2, -0.15) is 28.4 Å². The Labute approximate surface area is 236 Å². The Morgan fingerprint density at radius 1 is 1.15 bits per heavy atom. The van der Waals surface area contributed by atoms with E-state index in [1.807, 2.05) is 9.80 Å². The smallest absolute Gasteiger partial charge is 0.416 e. The third-order valence-corrected chi connectivity index (χ3v) is 8.06. The molecule has 2 aromatic carbocycles. The van der Waals surface area contributed by atoms with Crippen molar-refractivity contribution in [3.8, 4) is 5.88 Å². The van der Waals surface area contributed by atoms with Crippen molar-refractivity contribution in [1.82, 2.24) is 9.88 Å². The van der Waals surface area contributed by atoms with E-state index in [0.717, 1.165) is 11.6 Å². The van der Waals surface area contributed by atoms with Gasteiger partial charge in [-0.15, -0.1) is 0 Å². The average molecular weight is 592 g/mol. The number of alkyl halides is 3. The molecule has 3 aromatic rings. The van der Waals surface area contributed by atoms with E-state index in [4.69, 9.17) is 16.3 Å². The lowest BCUT2D eigenvalue weighted by Crippen LogP contribution is -2.48. The number of piperazine rings is 1. The van der Waals surface area contributed by atoms with Crippen LogP contribution in [0, 0.1) is 0 Å². The lowest BCUT2D eigenvalue weighted by molar-refractivity contribution is -0.144. The second-order valence-corrected chi connectivity index (χ2v) is 10.7. The van der Waals surface area contributed by atoms with Crippen LogP contribution in [-0.2, 0) is 22.1 Å². The highest BCUT2D eigenvalue weighted by molar-refractivity contribution is 7.17. The van der Waals surface area contributed by atoms with Gasteiger partial charge in [-0.05, 0) is 47.5 Å². The van der Waals surface area contributed by atoms with E-state index in [1.165, 1.54) is 23.5 Å². The van der Waals surface area contributed by atoms with Crippen LogP contribution in [-0.4, -0.2) is 66.5 Å². The zero-order valence-corrected chi connectivity index (χ0v) is 23.0. The number of aromatic nitrogens is 1. The van der Waals surface area contributed by atoms with Gasteiger partial charge in [-0.25, -0.2) is 0 Å². The number of thiazole rings is 1. The Balaban J connectivity index is 1.50. The summed E-state index contributed by atoms with van der Waals surface area (Å²) in [4.78, 5) is 20.6. The molecule has 0 radical (unpaired) electrons. The van der Waals surface area contributed by atoms with Gasteiger partial charge in [-0.3, -0.25) is 9.69 Å². The fourth-order valence-corrected chi connectivity index (χ4v) is 5.93. The van der Waals surface area contributed by atoms with Crippen molar-refractivity contribution in [3.63, 3.8) is 0 Å². The number of hydrogen-bond acceptors (Lipinski definition) is 9. The van der Waals surface area contributed by atoms with Crippen molar-refractivity contribution < 1.29 is 27.8 Å². The standard InChI is InChI=1S/C27H25ClF3N5O3S/c1-2-39-23(37)15-35-7-9-36(10-8-35)26-33-25(38)24(40-26)20(16-4-6-22-18(11-16)14-32-34-22)12-17-3-5-19(28)13-21(17)27(29,30)31/h3-6,11,13-14,38H,2,7-10,12,15H2,1H3. The zero-order valence-electron chi connectivity index (χ0n) is 21.4. The average Bonchev–Trinajstić information content (AvgIpc) is 3.54. The van der Waals surface area contributed by atoms with Gasteiger partial charge in [0.05, 0.1) is 35.2 Å². The van der Waals surface area contributed by atoms with Crippen LogP contribution in [0.4, 0.5) is 18.3 Å². The quantitative estimate of drug-likeness (QED) is 0.422. The van der Waals surface area contributed by atoms with Gasteiger partial charge in [0.15, 0.2) is 5.13 Å². The first-order valence-electron chi connectivity index (χ1n) is 12.6. The van der Waals surface area contributed by atoms with Gasteiger partial charge < -0.3 is 14.7 Å². The van der Waals surface area contributed by atoms with Crippen molar-refractivity contribution in [2.24, 2.45) is 10.2 Å². The number of hydrogen-bond donors (Lipinski definition) is 1. The van der Waals surface area contributed by atoms with Crippen LogP contribution < -0.4 is 15.5 Å². The molecule has 8 nitrogen and oxygen atoms in total. The summed E-state index contributed by atoms with van der Waals surface area (Å²) in [5.41, 5.74) is 0.395. The molecule has 2 aliphatic heterocycles. The minimum absolute atomic E-state index is 0.0157. The van der Waals surface area contributed by atoms with E-state index in [0.29, 0.717) is 58.9 Å². The largest absolute Gasteiger partial charge is 0.492 e. The molecule has 0 atom stereocenters. The second-order valence-electron chi connectivity index (χ2n) is 9.29. The molecule has 0 unspecified atom stereocenters. The van der Waals surface area contributed by atoms with E-state index >= 15 is 0 Å². The van der Waals surface area contributed by atoms with Crippen molar-refractivity contribution >= 4 is 45.8 Å². The van der Waals surface area contributed by atoms with Crippen LogP contribution in [0.3, 0.4) is 0 Å². The lowest BCUT2D eigenvalue weighted by atomic mass is 9.96. The summed E-state index contributed by atoms with van der Waals surface area (Å²) < 4.78 is 46.9. The van der Waals surface area contributed by atoms with Crippen molar-refractivity contribution in [2.45, 2.75) is 19.5 Å². The molecule has 0 amide bonds. The summed E-state index contributed by atoms with van der Waals surface area (Å²) in [6.07, 6.45) is -3.16. The van der Waals surface area contributed by atoms with Gasteiger partial charge in [0, 0.05) is 43.2 Å². The molecule has 5 rings (SSSR count). The van der Waals surface area contributed by atoms with E-state index in [1.54, 1.807) is 31.3 Å². The summed E-state index contributed by atoms with van der Waals surface area (Å²) in [5, 5.41) is 20.7. The van der Waals surface area contributed by atoms with Crippen LogP contribution in [0.25, 0.3) is 5.57 Å². The number of carbonyl (C=O) groups excluding carboxylic acids is 1. The number of anilines is 1. The predicted octanol–water partition coefficient (Wildman–Crippen LogP) is 3.61. The number of carbonyl (C=O) groups is 1. The molecule has 0 aliphatic carbocycles. The molecule has 1 saturated heterocycles. The fraction of sp³-hybridized carbons (Fsp3) is 0.333. The van der Waals surface area contributed by atoms with Crippen LogP contribution in [0.5, 0.6) is 5.88 Å². The normalized spacial score (nSPS) is 16.1. The molecule has 40 heavy (non-hydrogen) atoms. The molecule has 0 saturated carbocycles. The minimum atomic E-state index is -4.61. The Morgan fingerprint density at radius 3 is 2.65 bits per heavy atom. The van der Waals surface area contributed by atoms with E-state index in [-0.39, 0.29) is 35.4 Å². The van der Waals surface area contributed by atoms with Gasteiger partial charge in [-0.1, -0.05) is 35.1 Å². The molecule has 1 aromatic heterocycles. The van der Waals surface area contributed by atoms with Crippen molar-refractivity contribution in [1.29, 1.82) is 0 Å². The maximum absolute atomic E-state index is 13.9. The number of benzene rings is 2. The third-order valence-electron chi connectivity index (χ3n) is 6.66. The van der Waals surface area contributed by atoms with Crippen LogP contribution >= 0.6 is 22.9 Å². The SMILES string of the molecule is CCOC(=O)CN1CCN(c2nc(O)c(C(Cc3ccc(Cl)cc3C(F)(F)F)=c3ccc4c(c3)C=NN=4)s2)CC1. The number of nitrogens with zero attached hydrogens (tertiary/aromatic N) is 5. The van der Waals surface area contributed by atoms with Gasteiger partial charge in [0.25, 0.3) is 0 Å². The zero-order chi connectivity index (χ0) is 28.4. The predicted molar refractivity (Wildman–Crippen MR) is 147 cm³/mol. The highest BCUT2D eigenvalue weighted by atomic mass is 35.5. The molecule has 1 N–H and O–H groups in total. The Morgan fingerprint density at radius 2 is 1.93 bits per heavy atom. The number of fused-ring (bicyclic) bond motifs is 1. The summed E-state index contributed by atoms with van der Waals surface area (Å²) in [5.74, 6) is -0.540. The molecule has 13 heteroatoms. The number of esters is 1. The highest BCUT2D eigenvalue weighted by Gasteiger charge is 2.34. The Kier molecular flexibility index (Phi) is 8.11. The fourth-order valence-electron chi connectivity index (χ4n) is 4.68. The summed E-state index contributed by atoms with van der Waals surface area (Å²) in [7, 11) is 0. The van der Waals surface area contributed by atoms with Crippen molar-refractivity contribution in [3.05, 3.63) is 73.6 Å². The molecular weight excluding hydrogens is 567 g/mol. The van der Waals surface area contributed by atoms with Crippen LogP contribution in [0.2, 0.25) is 5.02 Å². The van der Waals surface area contributed by atoms with Gasteiger partial charge in [0.1, 0.15) is 0 Å². The van der Waals surface area contributed by atoms with Crippen molar-refractivity contribution in [2.75, 3.05) is 44.2 Å². The van der Waals surface area contributed by atoms with Crippen LogP contribution in [0.1, 0.15) is 28.5 Å². The van der Waals surface area contributed by atoms with E-state index in [9.17, 15) is 23.1 Å². The second kappa shape index (κ2) is 11.6. The molecule has 1 fully saturated rings. The topological polar surface area (TPSA) is 90.6 Å². The number of rotatable bonds is 7. The molecule has 0 spiro atoms. The maximum atomic E-state index is 13.9. The number of ether oxygens (including phenoxy) is 1. The number of aromatic hydroxyl groups is 1. The first-order valence-corrected chi connectivity index (χ1v) is 13.7. The van der Waals surface area contributed by atoms with Gasteiger partial charge >= 0.3 is 12.1 Å². The third kappa shape index (κ3) is 6.13. The van der Waals surface area contributed by atoms with E-state index < -0.39 is 11.7 Å². The monoisotopic (exact) mass is 591 g/mol. The molecule has 210 valence electrons. The molecule has 3 heterocycles. The number of halogens is 4. The summed E-state index contributed by atoms with van der Waals surface area (Å²) >= 11 is 7.13. The minimum Gasteiger partial charge on any atom is -0.492 e. The van der Waals surface area contributed by atoms with Gasteiger partial charge in [0.2, 0.25) is 5.88 Å². The first-order chi connectivity index (χ1) is 19.1.